The van der Waals surface area contributed by atoms with E-state index in [2.05, 4.69) is 13.8 Å². The van der Waals surface area contributed by atoms with Gasteiger partial charge >= 0.3 is 0 Å². The molecule has 62 heavy (non-hydrogen) atoms. The van der Waals surface area contributed by atoms with E-state index in [4.69, 9.17) is 0 Å². The Kier molecular flexibility index (Phi) is 11.3. The average molecular weight is 823 g/mol. The second-order valence-electron chi connectivity index (χ2n) is 17.1. The van der Waals surface area contributed by atoms with Gasteiger partial charge in [0.05, 0.1) is 0 Å². The molecule has 8 heteroatoms. The van der Waals surface area contributed by atoms with Crippen molar-refractivity contribution in [3.8, 4) is 22.3 Å². The van der Waals surface area contributed by atoms with E-state index >= 15 is 0 Å². The Morgan fingerprint density at radius 2 is 0.726 bits per heavy atom. The number of nitrogens with zero attached hydrogens (tertiary/aromatic N) is 2. The first-order valence-electron chi connectivity index (χ1n) is 22.4. The molecule has 2 heterocycles. The molecule has 2 aliphatic rings. The molecule has 2 aliphatic heterocycles. The number of benzene rings is 7. The van der Waals surface area contributed by atoms with Crippen LogP contribution in [0.2, 0.25) is 0 Å². The van der Waals surface area contributed by atoms with Gasteiger partial charge in [0.2, 0.25) is 0 Å². The van der Waals surface area contributed by atoms with Crippen molar-refractivity contribution in [1.29, 1.82) is 0 Å². The Balaban J connectivity index is 1.32. The van der Waals surface area contributed by atoms with Crippen LogP contribution in [-0.2, 0) is 0 Å². The minimum atomic E-state index is -0.340. The number of carbonyl (C=O) groups is 6. The number of rotatable bonds is 18. The van der Waals surface area contributed by atoms with E-state index < -0.39 is 0 Å². The van der Waals surface area contributed by atoms with Crippen LogP contribution in [0, 0.1) is 0 Å². The fourth-order valence-corrected chi connectivity index (χ4v) is 10.0. The van der Waals surface area contributed by atoms with Crippen molar-refractivity contribution in [1.82, 2.24) is 9.80 Å². The van der Waals surface area contributed by atoms with Crippen molar-refractivity contribution in [2.75, 3.05) is 13.1 Å². The first-order chi connectivity index (χ1) is 30.3. The molecule has 312 valence electrons. The molecule has 0 radical (unpaired) electrons. The molecule has 0 spiro atoms. The number of aldehydes is 2. The largest absolute Gasteiger partial charge is 0.298 e. The number of amides is 4. The normalized spacial score (nSPS) is 13.8. The Bertz CT molecular complexity index is 2740. The molecule has 8 nitrogen and oxygen atoms in total. The number of imide groups is 2. The maximum absolute atomic E-state index is 14.7. The zero-order valence-electron chi connectivity index (χ0n) is 35.5. The predicted molar refractivity (Wildman–Crippen MR) is 247 cm³/mol. The van der Waals surface area contributed by atoms with E-state index in [-0.39, 0.29) is 23.6 Å². The Labute approximate surface area is 361 Å². The van der Waals surface area contributed by atoms with Crippen LogP contribution in [-0.4, -0.2) is 59.1 Å². The van der Waals surface area contributed by atoms with Crippen LogP contribution in [0.5, 0.6) is 0 Å². The molecule has 7 aromatic rings. The summed E-state index contributed by atoms with van der Waals surface area (Å²) in [7, 11) is 0. The maximum atomic E-state index is 14.7. The zero-order valence-corrected chi connectivity index (χ0v) is 35.5. The summed E-state index contributed by atoms with van der Waals surface area (Å²) in [5, 5.41) is 5.78. The zero-order chi connectivity index (χ0) is 43.1. The van der Waals surface area contributed by atoms with Crippen LogP contribution in [0.25, 0.3) is 65.3 Å². The van der Waals surface area contributed by atoms with Crippen molar-refractivity contribution in [3.63, 3.8) is 0 Å². The Hall–Kier alpha value is -6.54. The van der Waals surface area contributed by atoms with Gasteiger partial charge < -0.3 is 0 Å². The quantitative estimate of drug-likeness (QED) is 0.0280. The standard InChI is InChI=1S/C54H50N2O6/c1-3-5-7-9-11-13-27-55-51(59)39-25-23-37-46-42(36-21-17-34(32-58)18-22-36)30-44-48-40(52(60)56(54(44)62)28-14-12-10-8-6-4-2)26-24-38(50(46)48)45-41(35-19-15-33(31-57)16-20-35)29-43(53(55)61)47(39)49(37)45/h15-26,29-32H,3-14,27-28H2,1-2H3. The molecular formula is C54H50N2O6. The van der Waals surface area contributed by atoms with Gasteiger partial charge in [-0.2, -0.15) is 0 Å². The van der Waals surface area contributed by atoms with Gasteiger partial charge in [-0.3, -0.25) is 38.6 Å². The minimum Gasteiger partial charge on any atom is -0.298 e. The van der Waals surface area contributed by atoms with Crippen molar-refractivity contribution in [3.05, 3.63) is 118 Å². The van der Waals surface area contributed by atoms with E-state index in [0.29, 0.717) is 57.2 Å². The number of carbonyl (C=O) groups excluding carboxylic acids is 6. The van der Waals surface area contributed by atoms with Crippen LogP contribution in [0.4, 0.5) is 0 Å². The van der Waals surface area contributed by atoms with Gasteiger partial charge in [-0.05, 0) is 91.7 Å². The smallest absolute Gasteiger partial charge is 0.261 e. The van der Waals surface area contributed by atoms with Crippen LogP contribution in [0.3, 0.4) is 0 Å². The summed E-state index contributed by atoms with van der Waals surface area (Å²) < 4.78 is 0. The van der Waals surface area contributed by atoms with Crippen molar-refractivity contribution in [2.45, 2.75) is 90.9 Å². The van der Waals surface area contributed by atoms with E-state index in [0.717, 1.165) is 144 Å². The summed E-state index contributed by atoms with van der Waals surface area (Å²) in [5.41, 5.74) is 5.83. The lowest BCUT2D eigenvalue weighted by Gasteiger charge is -2.32. The summed E-state index contributed by atoms with van der Waals surface area (Å²) >= 11 is 0. The highest BCUT2D eigenvalue weighted by Crippen LogP contribution is 2.52. The van der Waals surface area contributed by atoms with Gasteiger partial charge in [0, 0.05) is 57.2 Å². The molecule has 0 bridgehead atoms. The van der Waals surface area contributed by atoms with Crippen LogP contribution >= 0.6 is 0 Å². The SMILES string of the molecule is CCCCCCCCN1C(=O)c2ccc3c4c(-c5ccc(C=O)cc5)cc5c6c(ccc(c7c(-c8ccc(C=O)cc8)cc(c2c37)C1=O)c64)C(=O)N(CCCCCCCC)C5=O. The highest BCUT2D eigenvalue weighted by molar-refractivity contribution is 6.44. The summed E-state index contributed by atoms with van der Waals surface area (Å²) in [6, 6.07) is 25.8. The molecule has 7 aromatic carbocycles. The molecule has 0 aromatic heterocycles. The summed E-state index contributed by atoms with van der Waals surface area (Å²) in [6.07, 6.45) is 13.8. The third kappa shape index (κ3) is 6.77. The van der Waals surface area contributed by atoms with E-state index in [1.54, 1.807) is 24.3 Å². The van der Waals surface area contributed by atoms with Crippen LogP contribution in [0.1, 0.15) is 153 Å². The summed E-state index contributed by atoms with van der Waals surface area (Å²) in [5.74, 6) is -1.32. The first kappa shape index (κ1) is 40.8. The number of fused-ring (bicyclic) bond motifs is 2. The molecule has 0 saturated carbocycles. The molecule has 9 rings (SSSR count). The van der Waals surface area contributed by atoms with E-state index in [9.17, 15) is 28.8 Å². The second kappa shape index (κ2) is 17.1. The average Bonchev–Trinajstić information content (AvgIpc) is 3.30. The molecule has 0 saturated heterocycles. The fraction of sp³-hybridized carbons (Fsp3) is 0.296. The van der Waals surface area contributed by atoms with Gasteiger partial charge in [0.1, 0.15) is 12.6 Å². The number of hydrogen-bond acceptors (Lipinski definition) is 6. The molecule has 0 fully saturated rings. The fourth-order valence-electron chi connectivity index (χ4n) is 10.0. The van der Waals surface area contributed by atoms with Crippen LogP contribution in [0.15, 0.2) is 84.9 Å². The molecule has 0 atom stereocenters. The minimum absolute atomic E-state index is 0.320. The molecule has 0 N–H and O–H groups in total. The summed E-state index contributed by atoms with van der Waals surface area (Å²) in [4.78, 5) is 84.7. The highest BCUT2D eigenvalue weighted by atomic mass is 16.2. The Morgan fingerprint density at radius 3 is 1.10 bits per heavy atom. The number of hydrogen-bond donors (Lipinski definition) is 0. The van der Waals surface area contributed by atoms with Gasteiger partial charge in [0.25, 0.3) is 23.6 Å². The maximum Gasteiger partial charge on any atom is 0.261 e. The van der Waals surface area contributed by atoms with Gasteiger partial charge in [0.15, 0.2) is 0 Å². The van der Waals surface area contributed by atoms with Gasteiger partial charge in [-0.15, -0.1) is 0 Å². The molecule has 0 unspecified atom stereocenters. The van der Waals surface area contributed by atoms with Crippen LogP contribution < -0.4 is 0 Å². The van der Waals surface area contributed by atoms with Crippen molar-refractivity contribution in [2.24, 2.45) is 0 Å². The lowest BCUT2D eigenvalue weighted by atomic mass is 9.77. The third-order valence-electron chi connectivity index (χ3n) is 13.2. The molecule has 4 amide bonds. The van der Waals surface area contributed by atoms with Crippen molar-refractivity contribution >= 4 is 79.3 Å². The van der Waals surface area contributed by atoms with Gasteiger partial charge in [-0.1, -0.05) is 139 Å². The third-order valence-corrected chi connectivity index (χ3v) is 13.2. The topological polar surface area (TPSA) is 109 Å². The van der Waals surface area contributed by atoms with Crippen molar-refractivity contribution < 1.29 is 28.8 Å². The van der Waals surface area contributed by atoms with Gasteiger partial charge in [-0.25, -0.2) is 0 Å². The monoisotopic (exact) mass is 822 g/mol. The highest BCUT2D eigenvalue weighted by Gasteiger charge is 2.38. The van der Waals surface area contributed by atoms with E-state index in [1.807, 2.05) is 60.7 Å². The summed E-state index contributed by atoms with van der Waals surface area (Å²) in [6.45, 7) is 5.00. The molecular weight excluding hydrogens is 773 g/mol. The number of unbranched alkanes of at least 4 members (excludes halogenated alkanes) is 10. The predicted octanol–water partition coefficient (Wildman–Crippen LogP) is 12.6. The lowest BCUT2D eigenvalue weighted by molar-refractivity contribution is 0.0592. The lowest BCUT2D eigenvalue weighted by Crippen LogP contribution is -2.41. The Morgan fingerprint density at radius 1 is 0.371 bits per heavy atom. The second-order valence-corrected chi connectivity index (χ2v) is 17.1. The van der Waals surface area contributed by atoms with E-state index in [1.165, 1.54) is 9.80 Å². The molecule has 0 aliphatic carbocycles. The first-order valence-corrected chi connectivity index (χ1v) is 22.4.